The summed E-state index contributed by atoms with van der Waals surface area (Å²) < 4.78 is 0. The fourth-order valence-corrected chi connectivity index (χ4v) is 6.38. The first-order chi connectivity index (χ1) is 12.8. The van der Waals surface area contributed by atoms with Crippen LogP contribution in [-0.4, -0.2) is 28.6 Å². The standard InChI is InChI=1S/C22H37N5/c1-14(2)11-27(12-15(3)4)21-19(23)20(24-13-25-21)26-22-8-16-5-17(9-22)7-18(6-16)10-22/h13-18H,5-12,23H2,1-4H3,(H,24,25,26). The molecule has 0 aromatic carbocycles. The van der Waals surface area contributed by atoms with E-state index in [0.29, 0.717) is 11.8 Å². The van der Waals surface area contributed by atoms with Crippen LogP contribution in [0, 0.1) is 29.6 Å². The van der Waals surface area contributed by atoms with Gasteiger partial charge in [0.05, 0.1) is 0 Å². The Morgan fingerprint density at radius 1 is 1.00 bits per heavy atom. The average Bonchev–Trinajstić information content (AvgIpc) is 2.54. The monoisotopic (exact) mass is 371 g/mol. The lowest BCUT2D eigenvalue weighted by atomic mass is 9.53. The molecule has 4 aliphatic carbocycles. The zero-order valence-electron chi connectivity index (χ0n) is 17.5. The van der Waals surface area contributed by atoms with E-state index in [1.807, 2.05) is 0 Å². The van der Waals surface area contributed by atoms with Crippen LogP contribution in [0.2, 0.25) is 0 Å². The van der Waals surface area contributed by atoms with E-state index in [-0.39, 0.29) is 5.54 Å². The van der Waals surface area contributed by atoms with Crippen molar-refractivity contribution in [2.24, 2.45) is 29.6 Å². The molecule has 27 heavy (non-hydrogen) atoms. The summed E-state index contributed by atoms with van der Waals surface area (Å²) in [7, 11) is 0. The van der Waals surface area contributed by atoms with Crippen LogP contribution >= 0.6 is 0 Å². The minimum absolute atomic E-state index is 0.218. The summed E-state index contributed by atoms with van der Waals surface area (Å²) in [4.78, 5) is 11.5. The number of rotatable bonds is 7. The van der Waals surface area contributed by atoms with Crippen molar-refractivity contribution >= 4 is 17.3 Å². The number of aromatic nitrogens is 2. The quantitative estimate of drug-likeness (QED) is 0.735. The van der Waals surface area contributed by atoms with E-state index in [1.54, 1.807) is 6.33 Å². The van der Waals surface area contributed by atoms with Gasteiger partial charge in [0.15, 0.2) is 11.6 Å². The lowest BCUT2D eigenvalue weighted by Gasteiger charge is -2.57. The van der Waals surface area contributed by atoms with Gasteiger partial charge in [-0.15, -0.1) is 0 Å². The highest BCUT2D eigenvalue weighted by Gasteiger charge is 2.51. The number of nitrogens with zero attached hydrogens (tertiary/aromatic N) is 3. The lowest BCUT2D eigenvalue weighted by molar-refractivity contribution is 0.0106. The van der Waals surface area contributed by atoms with Crippen LogP contribution in [0.5, 0.6) is 0 Å². The van der Waals surface area contributed by atoms with E-state index in [4.69, 9.17) is 5.73 Å². The Hall–Kier alpha value is -1.52. The Balaban J connectivity index is 1.58. The number of hydrogen-bond donors (Lipinski definition) is 2. The maximum absolute atomic E-state index is 6.64. The van der Waals surface area contributed by atoms with Crippen LogP contribution in [0.4, 0.5) is 17.3 Å². The lowest BCUT2D eigenvalue weighted by Crippen LogP contribution is -2.55. The fraction of sp³-hybridized carbons (Fsp3) is 0.818. The molecule has 5 nitrogen and oxygen atoms in total. The zero-order valence-corrected chi connectivity index (χ0v) is 17.5. The van der Waals surface area contributed by atoms with Gasteiger partial charge in [0.25, 0.3) is 0 Å². The van der Waals surface area contributed by atoms with Gasteiger partial charge in [0.1, 0.15) is 12.0 Å². The van der Waals surface area contributed by atoms with Crippen molar-refractivity contribution < 1.29 is 0 Å². The second-order valence-electron chi connectivity index (χ2n) is 10.5. The van der Waals surface area contributed by atoms with Gasteiger partial charge in [-0.25, -0.2) is 9.97 Å². The summed E-state index contributed by atoms with van der Waals surface area (Å²) in [6.07, 6.45) is 9.91. The van der Waals surface area contributed by atoms with Gasteiger partial charge in [-0.05, 0) is 68.1 Å². The van der Waals surface area contributed by atoms with Crippen molar-refractivity contribution in [1.82, 2.24) is 9.97 Å². The molecular formula is C22H37N5. The molecule has 4 saturated carbocycles. The number of nitrogen functional groups attached to an aromatic ring is 1. The molecule has 1 heterocycles. The van der Waals surface area contributed by atoms with Crippen LogP contribution in [0.15, 0.2) is 6.33 Å². The van der Waals surface area contributed by atoms with E-state index in [0.717, 1.165) is 48.2 Å². The van der Waals surface area contributed by atoms with Crippen molar-refractivity contribution in [3.63, 3.8) is 0 Å². The topological polar surface area (TPSA) is 67.1 Å². The van der Waals surface area contributed by atoms with Crippen molar-refractivity contribution in [1.29, 1.82) is 0 Å². The van der Waals surface area contributed by atoms with E-state index < -0.39 is 0 Å². The fourth-order valence-electron chi connectivity index (χ4n) is 6.38. The van der Waals surface area contributed by atoms with Gasteiger partial charge >= 0.3 is 0 Å². The third-order valence-corrected chi connectivity index (χ3v) is 6.76. The molecule has 1 aromatic rings. The Bertz CT molecular complexity index is 623. The first-order valence-electron chi connectivity index (χ1n) is 11.0. The summed E-state index contributed by atoms with van der Waals surface area (Å²) in [6, 6.07) is 0. The van der Waals surface area contributed by atoms with E-state index >= 15 is 0 Å². The minimum Gasteiger partial charge on any atom is -0.393 e. The molecule has 5 heteroatoms. The van der Waals surface area contributed by atoms with Gasteiger partial charge in [0.2, 0.25) is 0 Å². The van der Waals surface area contributed by atoms with Crippen molar-refractivity contribution in [2.75, 3.05) is 29.0 Å². The van der Waals surface area contributed by atoms with Gasteiger partial charge in [-0.3, -0.25) is 0 Å². The van der Waals surface area contributed by atoms with Crippen LogP contribution in [0.25, 0.3) is 0 Å². The highest BCUT2D eigenvalue weighted by atomic mass is 15.2. The number of nitrogens with two attached hydrogens (primary N) is 1. The Morgan fingerprint density at radius 2 is 1.52 bits per heavy atom. The maximum Gasteiger partial charge on any atom is 0.157 e. The molecule has 0 unspecified atom stereocenters. The molecule has 3 N–H and O–H groups in total. The van der Waals surface area contributed by atoms with Gasteiger partial charge < -0.3 is 16.0 Å². The average molecular weight is 372 g/mol. The Kier molecular flexibility index (Phi) is 4.98. The van der Waals surface area contributed by atoms with E-state index in [2.05, 4.69) is 47.9 Å². The molecule has 0 atom stereocenters. The second-order valence-corrected chi connectivity index (χ2v) is 10.5. The molecule has 4 fully saturated rings. The summed E-state index contributed by atoms with van der Waals surface area (Å²) in [5.41, 5.74) is 7.58. The van der Waals surface area contributed by atoms with Crippen LogP contribution in [0.3, 0.4) is 0 Å². The molecular weight excluding hydrogens is 334 g/mol. The third kappa shape index (κ3) is 3.88. The first-order valence-corrected chi connectivity index (χ1v) is 11.0. The number of hydrogen-bond acceptors (Lipinski definition) is 5. The van der Waals surface area contributed by atoms with Crippen molar-refractivity contribution in [2.45, 2.75) is 71.8 Å². The highest BCUT2D eigenvalue weighted by molar-refractivity contribution is 5.75. The molecule has 0 spiro atoms. The first kappa shape index (κ1) is 18.8. The summed E-state index contributed by atoms with van der Waals surface area (Å²) in [5, 5.41) is 3.85. The number of anilines is 3. The minimum atomic E-state index is 0.218. The second kappa shape index (κ2) is 7.14. The van der Waals surface area contributed by atoms with Gasteiger partial charge in [-0.1, -0.05) is 27.7 Å². The van der Waals surface area contributed by atoms with Crippen LogP contribution < -0.4 is 16.0 Å². The third-order valence-electron chi connectivity index (χ3n) is 6.76. The normalized spacial score (nSPS) is 31.7. The van der Waals surface area contributed by atoms with Crippen molar-refractivity contribution in [3.8, 4) is 0 Å². The largest absolute Gasteiger partial charge is 0.393 e. The SMILES string of the molecule is CC(C)CN(CC(C)C)c1ncnc(NC23CC4CC(CC(C4)C2)C3)c1N. The molecule has 4 bridgehead atoms. The molecule has 5 rings (SSSR count). The summed E-state index contributed by atoms with van der Waals surface area (Å²) >= 11 is 0. The summed E-state index contributed by atoms with van der Waals surface area (Å²) in [6.45, 7) is 10.9. The predicted octanol–water partition coefficient (Wildman–Crippen LogP) is 4.56. The Morgan fingerprint density at radius 3 is 2.00 bits per heavy atom. The van der Waals surface area contributed by atoms with Gasteiger partial charge in [0, 0.05) is 18.6 Å². The smallest absolute Gasteiger partial charge is 0.157 e. The Labute approximate surface area is 164 Å². The highest BCUT2D eigenvalue weighted by Crippen LogP contribution is 2.56. The molecule has 0 aliphatic heterocycles. The summed E-state index contributed by atoms with van der Waals surface area (Å²) in [5.74, 6) is 5.62. The molecule has 0 saturated heterocycles. The molecule has 1 aromatic heterocycles. The van der Waals surface area contributed by atoms with E-state index in [1.165, 1.54) is 38.5 Å². The van der Waals surface area contributed by atoms with Gasteiger partial charge in [-0.2, -0.15) is 0 Å². The predicted molar refractivity (Wildman–Crippen MR) is 113 cm³/mol. The van der Waals surface area contributed by atoms with E-state index in [9.17, 15) is 0 Å². The van der Waals surface area contributed by atoms with Crippen molar-refractivity contribution in [3.05, 3.63) is 6.33 Å². The van der Waals surface area contributed by atoms with Crippen LogP contribution in [0.1, 0.15) is 66.2 Å². The zero-order chi connectivity index (χ0) is 19.2. The number of nitrogens with one attached hydrogen (secondary N) is 1. The molecule has 150 valence electrons. The molecule has 4 aliphatic rings. The van der Waals surface area contributed by atoms with Crippen LogP contribution in [-0.2, 0) is 0 Å². The maximum atomic E-state index is 6.64. The molecule has 0 radical (unpaired) electrons. The molecule has 0 amide bonds.